The van der Waals surface area contributed by atoms with E-state index in [2.05, 4.69) is 5.32 Å². The Bertz CT molecular complexity index is 1270. The number of nitrogens with zero attached hydrogens (tertiary/aromatic N) is 1. The highest BCUT2D eigenvalue weighted by Gasteiger charge is 2.34. The van der Waals surface area contributed by atoms with Crippen LogP contribution in [0, 0.1) is 11.7 Å². The standard InChI is InChI=1S/C23H22FN3O4S2/c24-17-8-10-18(11-9-17)33(30,31)27-12-4-7-16(14-27)22(29)26-23-19(21(25)28)13-20(32-23)15-5-2-1-3-6-15/h1-3,5-6,8-11,13,16H,4,7,12,14H2,(H2,25,28)(H,26,29). The second-order valence-electron chi connectivity index (χ2n) is 7.73. The highest BCUT2D eigenvalue weighted by atomic mass is 32.2. The second-order valence-corrected chi connectivity index (χ2v) is 10.7. The highest BCUT2D eigenvalue weighted by Crippen LogP contribution is 2.36. The topological polar surface area (TPSA) is 110 Å². The normalized spacial score (nSPS) is 16.9. The van der Waals surface area contributed by atoms with Crippen LogP contribution in [-0.2, 0) is 14.8 Å². The molecule has 1 aromatic heterocycles. The minimum absolute atomic E-state index is 0.00559. The zero-order valence-corrected chi connectivity index (χ0v) is 19.2. The van der Waals surface area contributed by atoms with Gasteiger partial charge in [0.2, 0.25) is 15.9 Å². The summed E-state index contributed by atoms with van der Waals surface area (Å²) >= 11 is 1.24. The van der Waals surface area contributed by atoms with Gasteiger partial charge in [0.25, 0.3) is 5.91 Å². The molecule has 3 aromatic rings. The fourth-order valence-electron chi connectivity index (χ4n) is 3.76. The van der Waals surface area contributed by atoms with Crippen molar-refractivity contribution in [3.63, 3.8) is 0 Å². The van der Waals surface area contributed by atoms with E-state index in [4.69, 9.17) is 5.73 Å². The first kappa shape index (κ1) is 23.1. The number of primary amides is 1. The van der Waals surface area contributed by atoms with Gasteiger partial charge in [-0.3, -0.25) is 9.59 Å². The van der Waals surface area contributed by atoms with Gasteiger partial charge in [-0.2, -0.15) is 4.31 Å². The number of sulfonamides is 1. The van der Waals surface area contributed by atoms with E-state index in [9.17, 15) is 22.4 Å². The highest BCUT2D eigenvalue weighted by molar-refractivity contribution is 7.89. The van der Waals surface area contributed by atoms with Crippen LogP contribution in [0.1, 0.15) is 23.2 Å². The predicted octanol–water partition coefficient (Wildman–Crippen LogP) is 3.69. The molecular formula is C23H22FN3O4S2. The minimum atomic E-state index is -3.86. The lowest BCUT2D eigenvalue weighted by molar-refractivity contribution is -0.120. The number of thiophene rings is 1. The van der Waals surface area contributed by atoms with Crippen LogP contribution < -0.4 is 11.1 Å². The first-order valence-corrected chi connectivity index (χ1v) is 12.6. The van der Waals surface area contributed by atoms with Gasteiger partial charge in [0.05, 0.1) is 16.4 Å². The number of halogens is 1. The maximum Gasteiger partial charge on any atom is 0.251 e. The van der Waals surface area contributed by atoms with E-state index in [1.165, 1.54) is 27.8 Å². The summed E-state index contributed by atoms with van der Waals surface area (Å²) in [5.74, 6) is -2.16. The van der Waals surface area contributed by atoms with E-state index in [0.29, 0.717) is 17.8 Å². The molecule has 1 saturated heterocycles. The summed E-state index contributed by atoms with van der Waals surface area (Å²) in [4.78, 5) is 25.7. The van der Waals surface area contributed by atoms with E-state index in [1.54, 1.807) is 6.07 Å². The lowest BCUT2D eigenvalue weighted by atomic mass is 9.99. The van der Waals surface area contributed by atoms with Gasteiger partial charge >= 0.3 is 0 Å². The van der Waals surface area contributed by atoms with E-state index < -0.39 is 27.7 Å². The quantitative estimate of drug-likeness (QED) is 0.553. The van der Waals surface area contributed by atoms with Gasteiger partial charge in [0.1, 0.15) is 10.8 Å². The van der Waals surface area contributed by atoms with Gasteiger partial charge in [0.15, 0.2) is 0 Å². The Morgan fingerprint density at radius 2 is 1.79 bits per heavy atom. The first-order valence-electron chi connectivity index (χ1n) is 10.3. The molecule has 0 saturated carbocycles. The molecule has 2 heterocycles. The van der Waals surface area contributed by atoms with Crippen LogP contribution in [0.4, 0.5) is 9.39 Å². The van der Waals surface area contributed by atoms with Gasteiger partial charge in [-0.05, 0) is 48.7 Å². The number of benzene rings is 2. The number of amides is 2. The number of anilines is 1. The van der Waals surface area contributed by atoms with Crippen LogP contribution in [-0.4, -0.2) is 37.6 Å². The Balaban J connectivity index is 1.52. The molecule has 172 valence electrons. The van der Waals surface area contributed by atoms with Crippen molar-refractivity contribution in [3.05, 3.63) is 72.0 Å². The number of nitrogens with one attached hydrogen (secondary N) is 1. The minimum Gasteiger partial charge on any atom is -0.366 e. The Morgan fingerprint density at radius 1 is 1.09 bits per heavy atom. The fraction of sp³-hybridized carbons (Fsp3) is 0.217. The summed E-state index contributed by atoms with van der Waals surface area (Å²) in [6.45, 7) is 0.265. The van der Waals surface area contributed by atoms with Crippen molar-refractivity contribution in [2.75, 3.05) is 18.4 Å². The third-order valence-electron chi connectivity index (χ3n) is 5.50. The number of carbonyl (C=O) groups excluding carboxylic acids is 2. The van der Waals surface area contributed by atoms with Crippen molar-refractivity contribution in [3.8, 4) is 10.4 Å². The summed E-state index contributed by atoms with van der Waals surface area (Å²) < 4.78 is 40.3. The number of hydrogen-bond donors (Lipinski definition) is 2. The molecular weight excluding hydrogens is 465 g/mol. The molecule has 0 bridgehead atoms. The molecule has 7 nitrogen and oxygen atoms in total. The average Bonchev–Trinajstić information content (AvgIpc) is 3.24. The number of carbonyl (C=O) groups is 2. The molecule has 2 aromatic carbocycles. The SMILES string of the molecule is NC(=O)c1cc(-c2ccccc2)sc1NC(=O)C1CCCN(S(=O)(=O)c2ccc(F)cc2)C1. The lowest BCUT2D eigenvalue weighted by Gasteiger charge is -2.31. The first-order chi connectivity index (χ1) is 15.8. The Labute approximate surface area is 195 Å². The third kappa shape index (κ3) is 4.97. The molecule has 0 radical (unpaired) electrons. The van der Waals surface area contributed by atoms with Gasteiger partial charge < -0.3 is 11.1 Å². The van der Waals surface area contributed by atoms with Crippen molar-refractivity contribution in [1.29, 1.82) is 0 Å². The Hall–Kier alpha value is -3.08. The molecule has 0 spiro atoms. The zero-order valence-electron chi connectivity index (χ0n) is 17.5. The molecule has 0 aliphatic carbocycles. The Kier molecular flexibility index (Phi) is 6.59. The van der Waals surface area contributed by atoms with Crippen LogP contribution in [0.2, 0.25) is 0 Å². The lowest BCUT2D eigenvalue weighted by Crippen LogP contribution is -2.43. The van der Waals surface area contributed by atoms with Crippen molar-refractivity contribution >= 4 is 38.2 Å². The average molecular weight is 488 g/mol. The van der Waals surface area contributed by atoms with Crippen molar-refractivity contribution in [2.24, 2.45) is 11.7 Å². The summed E-state index contributed by atoms with van der Waals surface area (Å²) in [5.41, 5.74) is 6.61. The number of piperidine rings is 1. The van der Waals surface area contributed by atoms with E-state index in [-0.39, 0.29) is 29.5 Å². The van der Waals surface area contributed by atoms with Crippen LogP contribution in [0.3, 0.4) is 0 Å². The molecule has 2 amide bonds. The van der Waals surface area contributed by atoms with Gasteiger partial charge in [-0.25, -0.2) is 12.8 Å². The fourth-order valence-corrected chi connectivity index (χ4v) is 6.35. The van der Waals surface area contributed by atoms with Crippen molar-refractivity contribution in [1.82, 2.24) is 4.31 Å². The smallest absolute Gasteiger partial charge is 0.251 e. The molecule has 1 aliphatic rings. The molecule has 10 heteroatoms. The van der Waals surface area contributed by atoms with Gasteiger partial charge in [0, 0.05) is 18.0 Å². The molecule has 3 N–H and O–H groups in total. The largest absolute Gasteiger partial charge is 0.366 e. The summed E-state index contributed by atoms with van der Waals surface area (Å²) in [6.07, 6.45) is 1.00. The monoisotopic (exact) mass is 487 g/mol. The molecule has 1 aliphatic heterocycles. The summed E-state index contributed by atoms with van der Waals surface area (Å²) in [5, 5.41) is 3.12. The molecule has 1 unspecified atom stereocenters. The van der Waals surface area contributed by atoms with Crippen molar-refractivity contribution in [2.45, 2.75) is 17.7 Å². The maximum absolute atomic E-state index is 13.2. The predicted molar refractivity (Wildman–Crippen MR) is 125 cm³/mol. The van der Waals surface area contributed by atoms with E-state index in [0.717, 1.165) is 22.6 Å². The van der Waals surface area contributed by atoms with Gasteiger partial charge in [-0.15, -0.1) is 11.3 Å². The number of nitrogens with two attached hydrogens (primary N) is 1. The maximum atomic E-state index is 13.2. The second kappa shape index (κ2) is 9.42. The number of hydrogen-bond acceptors (Lipinski definition) is 5. The van der Waals surface area contributed by atoms with Crippen LogP contribution in [0.15, 0.2) is 65.6 Å². The molecule has 1 atom stereocenters. The molecule has 1 fully saturated rings. The van der Waals surface area contributed by atoms with E-state index >= 15 is 0 Å². The Morgan fingerprint density at radius 3 is 2.45 bits per heavy atom. The molecule has 33 heavy (non-hydrogen) atoms. The van der Waals surface area contributed by atoms with E-state index in [1.807, 2.05) is 30.3 Å². The summed E-state index contributed by atoms with van der Waals surface area (Å²) in [6, 6.07) is 15.6. The molecule has 4 rings (SSSR count). The van der Waals surface area contributed by atoms with Crippen molar-refractivity contribution < 1.29 is 22.4 Å². The third-order valence-corrected chi connectivity index (χ3v) is 8.48. The van der Waals surface area contributed by atoms with Crippen LogP contribution in [0.5, 0.6) is 0 Å². The van der Waals surface area contributed by atoms with Gasteiger partial charge in [-0.1, -0.05) is 30.3 Å². The summed E-state index contributed by atoms with van der Waals surface area (Å²) in [7, 11) is -3.86. The zero-order chi connectivity index (χ0) is 23.6. The van der Waals surface area contributed by atoms with Crippen LogP contribution >= 0.6 is 11.3 Å². The number of rotatable bonds is 6. The van der Waals surface area contributed by atoms with Crippen LogP contribution in [0.25, 0.3) is 10.4 Å².